The van der Waals surface area contributed by atoms with Gasteiger partial charge in [-0.2, -0.15) is 5.10 Å². The van der Waals surface area contributed by atoms with Gasteiger partial charge in [0.25, 0.3) is 0 Å². The van der Waals surface area contributed by atoms with Gasteiger partial charge in [-0.25, -0.2) is 4.98 Å². The van der Waals surface area contributed by atoms with Gasteiger partial charge in [0.1, 0.15) is 11.3 Å². The molecule has 0 aliphatic heterocycles. The third-order valence-electron chi connectivity index (χ3n) is 6.23. The molecule has 0 fully saturated rings. The van der Waals surface area contributed by atoms with Gasteiger partial charge in [0.15, 0.2) is 0 Å². The van der Waals surface area contributed by atoms with Gasteiger partial charge in [-0.15, -0.1) is 11.3 Å². The van der Waals surface area contributed by atoms with Crippen LogP contribution in [0, 0.1) is 5.92 Å². The molecule has 4 aromatic rings. The van der Waals surface area contributed by atoms with Gasteiger partial charge in [0, 0.05) is 38.6 Å². The summed E-state index contributed by atoms with van der Waals surface area (Å²) in [4.78, 5) is 9.25. The maximum Gasteiger partial charge on any atom is 0.138 e. The summed E-state index contributed by atoms with van der Waals surface area (Å²) < 4.78 is 0. The Balaban J connectivity index is 1.77. The Morgan fingerprint density at radius 1 is 1.19 bits per heavy atom. The van der Waals surface area contributed by atoms with Crippen LogP contribution in [0.3, 0.4) is 0 Å². The highest BCUT2D eigenvalue weighted by molar-refractivity contribution is 7.13. The summed E-state index contributed by atoms with van der Waals surface area (Å²) in [7, 11) is 0. The van der Waals surface area contributed by atoms with Crippen LogP contribution >= 0.6 is 11.3 Å². The van der Waals surface area contributed by atoms with Gasteiger partial charge in [-0.05, 0) is 72.7 Å². The molecule has 0 atom stereocenters. The Kier molecular flexibility index (Phi) is 7.89. The standard InChI is InChI=1S/C31H33N5S/c1-8-22(17-23(9-2)33-21(7)19(4)5)20(6)16-26-27(10-3)35-36-30(26)28-18-25-24(29-12-11-15-37-29)13-14-32-31(25)34-28/h8-19,33,35H,2,6-7H2,1,3-5H3,(H,32,34)/b22-8+,23-17+,26-16+,27-10+. The van der Waals surface area contributed by atoms with Crippen LogP contribution in [0.4, 0.5) is 0 Å². The molecule has 37 heavy (non-hydrogen) atoms. The molecule has 4 rings (SSSR count). The minimum absolute atomic E-state index is 0.314. The molecule has 0 saturated heterocycles. The van der Waals surface area contributed by atoms with Gasteiger partial charge in [-0.1, -0.05) is 51.8 Å². The molecule has 0 amide bonds. The molecule has 0 aromatic carbocycles. The Bertz CT molecular complexity index is 1640. The van der Waals surface area contributed by atoms with Crippen molar-refractivity contribution in [2.75, 3.05) is 0 Å². The predicted octanol–water partition coefficient (Wildman–Crippen LogP) is 6.59. The van der Waals surface area contributed by atoms with E-state index in [4.69, 9.17) is 0 Å². The molecule has 4 aromatic heterocycles. The van der Waals surface area contributed by atoms with Crippen LogP contribution in [0.15, 0.2) is 96.3 Å². The van der Waals surface area contributed by atoms with Gasteiger partial charge in [-0.3, -0.25) is 5.10 Å². The van der Waals surface area contributed by atoms with E-state index in [-0.39, 0.29) is 0 Å². The van der Waals surface area contributed by atoms with Crippen LogP contribution in [-0.4, -0.2) is 20.2 Å². The van der Waals surface area contributed by atoms with Crippen LogP contribution in [-0.2, 0) is 0 Å². The lowest BCUT2D eigenvalue weighted by molar-refractivity contribution is 0.709. The number of allylic oxidation sites excluding steroid dienone is 6. The van der Waals surface area contributed by atoms with E-state index < -0.39 is 0 Å². The van der Waals surface area contributed by atoms with Crippen molar-refractivity contribution in [2.24, 2.45) is 5.92 Å². The van der Waals surface area contributed by atoms with Crippen molar-refractivity contribution in [3.8, 4) is 21.8 Å². The zero-order valence-electron chi connectivity index (χ0n) is 21.9. The smallest absolute Gasteiger partial charge is 0.138 e. The van der Waals surface area contributed by atoms with Crippen molar-refractivity contribution in [3.63, 3.8) is 0 Å². The summed E-state index contributed by atoms with van der Waals surface area (Å²) in [6, 6.07) is 8.37. The third-order valence-corrected chi connectivity index (χ3v) is 7.13. The number of hydrogen-bond donors (Lipinski definition) is 3. The van der Waals surface area contributed by atoms with Crippen LogP contribution < -0.4 is 15.9 Å². The number of fused-ring (bicyclic) bond motifs is 1. The van der Waals surface area contributed by atoms with E-state index in [2.05, 4.69) is 94.8 Å². The van der Waals surface area contributed by atoms with Crippen molar-refractivity contribution in [3.05, 3.63) is 107 Å². The normalized spacial score (nSPS) is 13.5. The number of thiophene rings is 1. The number of pyridine rings is 1. The lowest BCUT2D eigenvalue weighted by Crippen LogP contribution is -2.23. The molecular weight excluding hydrogens is 474 g/mol. The number of H-pyrrole nitrogens is 2. The molecule has 4 heterocycles. The highest BCUT2D eigenvalue weighted by atomic mass is 32.1. The van der Waals surface area contributed by atoms with Crippen LogP contribution in [0.1, 0.15) is 27.7 Å². The Labute approximate surface area is 222 Å². The summed E-state index contributed by atoms with van der Waals surface area (Å²) in [5.74, 6) is 0.314. The van der Waals surface area contributed by atoms with Crippen molar-refractivity contribution in [1.82, 2.24) is 25.5 Å². The van der Waals surface area contributed by atoms with E-state index in [1.807, 2.05) is 38.3 Å². The molecule has 0 bridgehead atoms. The molecule has 0 saturated carbocycles. The molecule has 0 spiro atoms. The van der Waals surface area contributed by atoms with E-state index in [1.54, 1.807) is 17.4 Å². The molecule has 0 unspecified atom stereocenters. The molecule has 3 N–H and O–H groups in total. The van der Waals surface area contributed by atoms with Crippen LogP contribution in [0.25, 0.3) is 45.0 Å². The molecule has 6 heteroatoms. The van der Waals surface area contributed by atoms with Crippen molar-refractivity contribution in [1.29, 1.82) is 0 Å². The summed E-state index contributed by atoms with van der Waals surface area (Å²) in [5.41, 5.74) is 7.35. The molecule has 0 radical (unpaired) electrons. The third kappa shape index (κ3) is 5.49. The van der Waals surface area contributed by atoms with E-state index in [1.165, 1.54) is 4.88 Å². The van der Waals surface area contributed by atoms with Gasteiger partial charge >= 0.3 is 0 Å². The average Bonchev–Trinajstić information content (AvgIpc) is 3.65. The zero-order valence-corrected chi connectivity index (χ0v) is 22.7. The zero-order chi connectivity index (χ0) is 26.5. The predicted molar refractivity (Wildman–Crippen MR) is 159 cm³/mol. The highest BCUT2D eigenvalue weighted by Gasteiger charge is 2.14. The van der Waals surface area contributed by atoms with Crippen LogP contribution in [0.2, 0.25) is 0 Å². The van der Waals surface area contributed by atoms with Gasteiger partial charge in [0.2, 0.25) is 0 Å². The fourth-order valence-electron chi connectivity index (χ4n) is 4.00. The number of nitrogens with zero attached hydrogens (tertiary/aromatic N) is 2. The number of rotatable bonds is 9. The van der Waals surface area contributed by atoms with Crippen molar-refractivity contribution in [2.45, 2.75) is 27.7 Å². The fourth-order valence-corrected chi connectivity index (χ4v) is 4.76. The fraction of sp³-hybridized carbons (Fsp3) is 0.161. The molecule has 0 aliphatic carbocycles. The Morgan fingerprint density at radius 3 is 2.65 bits per heavy atom. The number of aromatic amines is 2. The lowest BCUT2D eigenvalue weighted by atomic mass is 10.0. The lowest BCUT2D eigenvalue weighted by Gasteiger charge is -2.14. The summed E-state index contributed by atoms with van der Waals surface area (Å²) in [5, 5.41) is 16.2. The number of nitrogens with one attached hydrogen (secondary N) is 3. The second-order valence-corrected chi connectivity index (χ2v) is 9.94. The maximum absolute atomic E-state index is 4.66. The molecule has 0 aliphatic rings. The monoisotopic (exact) mass is 507 g/mol. The molecule has 5 nitrogen and oxygen atoms in total. The maximum atomic E-state index is 4.66. The van der Waals surface area contributed by atoms with Gasteiger partial charge < -0.3 is 10.3 Å². The summed E-state index contributed by atoms with van der Waals surface area (Å²) in [6.07, 6.45) is 11.8. The Hall–Kier alpha value is -4.16. The topological polar surface area (TPSA) is 69.4 Å². The minimum atomic E-state index is 0.314. The highest BCUT2D eigenvalue weighted by Crippen LogP contribution is 2.32. The second-order valence-electron chi connectivity index (χ2n) is 8.99. The van der Waals surface area contributed by atoms with E-state index in [0.29, 0.717) is 5.92 Å². The average molecular weight is 508 g/mol. The summed E-state index contributed by atoms with van der Waals surface area (Å²) in [6.45, 7) is 20.6. The van der Waals surface area contributed by atoms with Crippen molar-refractivity contribution < 1.29 is 0 Å². The quantitative estimate of drug-likeness (QED) is 0.224. The largest absolute Gasteiger partial charge is 0.359 e. The Morgan fingerprint density at radius 2 is 2.00 bits per heavy atom. The molecular formula is C31H33N5S. The first-order chi connectivity index (χ1) is 17.9. The van der Waals surface area contributed by atoms with Gasteiger partial charge in [0.05, 0.1) is 11.0 Å². The number of hydrogen-bond acceptors (Lipinski definition) is 4. The van der Waals surface area contributed by atoms with E-state index in [9.17, 15) is 0 Å². The van der Waals surface area contributed by atoms with Crippen molar-refractivity contribution >= 4 is 34.5 Å². The first kappa shape index (κ1) is 25.9. The van der Waals surface area contributed by atoms with E-state index >= 15 is 0 Å². The molecule has 188 valence electrons. The first-order valence-corrected chi connectivity index (χ1v) is 13.1. The SMILES string of the molecule is C=C/C(=C\C(=C/C)C(=C)/C=c1/c(-c2cc3c(-c4cccs4)ccnc3[nH]2)n[nH]/c1=C/C)NC(=C)C(C)C. The van der Waals surface area contributed by atoms with E-state index in [0.717, 1.165) is 61.1 Å². The summed E-state index contributed by atoms with van der Waals surface area (Å²) >= 11 is 1.72. The second kappa shape index (κ2) is 11.3. The minimum Gasteiger partial charge on any atom is -0.359 e. The first-order valence-electron chi connectivity index (χ1n) is 12.3. The number of aromatic nitrogens is 4. The van der Waals surface area contributed by atoms with Crippen LogP contribution in [0.5, 0.6) is 0 Å².